The van der Waals surface area contributed by atoms with Crippen molar-refractivity contribution in [2.45, 2.75) is 33.6 Å². The van der Waals surface area contributed by atoms with Gasteiger partial charge in [0.1, 0.15) is 5.69 Å². The number of aromatic nitrogens is 1. The molecule has 1 amide bonds. The highest BCUT2D eigenvalue weighted by molar-refractivity contribution is 7.09. The molecule has 0 radical (unpaired) electrons. The maximum Gasteiger partial charge on any atom is 0.308 e. The van der Waals surface area contributed by atoms with Crippen molar-refractivity contribution in [2.75, 3.05) is 13.1 Å². The number of amides is 1. The number of hydrogen-bond acceptors (Lipinski definition) is 4. The van der Waals surface area contributed by atoms with Gasteiger partial charge in [-0.25, -0.2) is 4.98 Å². The van der Waals surface area contributed by atoms with Crippen LogP contribution in [0.1, 0.15) is 49.1 Å². The van der Waals surface area contributed by atoms with E-state index in [9.17, 15) is 9.59 Å². The molecule has 0 saturated heterocycles. The average Bonchev–Trinajstić information content (AvgIpc) is 2.84. The highest BCUT2D eigenvalue weighted by Crippen LogP contribution is 2.20. The van der Waals surface area contributed by atoms with E-state index in [1.807, 2.05) is 20.8 Å². The summed E-state index contributed by atoms with van der Waals surface area (Å²) in [6, 6.07) is 0. The van der Waals surface area contributed by atoms with E-state index in [-0.39, 0.29) is 12.5 Å². The molecule has 0 aliphatic rings. The number of carboxylic acids is 1. The van der Waals surface area contributed by atoms with E-state index in [1.54, 1.807) is 12.3 Å². The number of nitrogens with zero attached hydrogens (tertiary/aromatic N) is 2. The molecule has 0 bridgehead atoms. The summed E-state index contributed by atoms with van der Waals surface area (Å²) in [7, 11) is 0. The molecule has 1 aromatic rings. The van der Waals surface area contributed by atoms with Crippen LogP contribution in [0.5, 0.6) is 0 Å². The summed E-state index contributed by atoms with van der Waals surface area (Å²) in [6.45, 7) is 8.17. The Morgan fingerprint density at radius 3 is 2.47 bits per heavy atom. The van der Waals surface area contributed by atoms with Crippen LogP contribution >= 0.6 is 11.3 Å². The highest BCUT2D eigenvalue weighted by atomic mass is 32.1. The largest absolute Gasteiger partial charge is 0.481 e. The van der Waals surface area contributed by atoms with Crippen molar-refractivity contribution in [3.05, 3.63) is 16.1 Å². The molecule has 5 nitrogen and oxygen atoms in total. The predicted molar refractivity (Wildman–Crippen MR) is 74.6 cm³/mol. The second kappa shape index (κ2) is 6.65. The quantitative estimate of drug-likeness (QED) is 0.871. The predicted octanol–water partition coefficient (Wildman–Crippen LogP) is 2.45. The van der Waals surface area contributed by atoms with Crippen molar-refractivity contribution in [1.82, 2.24) is 9.88 Å². The summed E-state index contributed by atoms with van der Waals surface area (Å²) in [6.07, 6.45) is 0. The van der Waals surface area contributed by atoms with Gasteiger partial charge in [0.2, 0.25) is 0 Å². The van der Waals surface area contributed by atoms with Crippen LogP contribution in [0.15, 0.2) is 5.38 Å². The standard InChI is InChI=1S/C13H20N2O3S/c1-5-15(6-9(4)13(17)18)12(16)10-7-19-11(14-10)8(2)3/h7-9H,5-6H2,1-4H3,(H,17,18)/t9-/m1/s1. The maximum atomic E-state index is 12.2. The fourth-order valence-corrected chi connectivity index (χ4v) is 2.39. The molecule has 0 aliphatic heterocycles. The Morgan fingerprint density at radius 2 is 2.05 bits per heavy atom. The highest BCUT2D eigenvalue weighted by Gasteiger charge is 2.22. The van der Waals surface area contributed by atoms with E-state index in [0.717, 1.165) is 5.01 Å². The molecule has 1 heterocycles. The van der Waals surface area contributed by atoms with Crippen molar-refractivity contribution >= 4 is 23.2 Å². The van der Waals surface area contributed by atoms with Crippen molar-refractivity contribution in [1.29, 1.82) is 0 Å². The van der Waals surface area contributed by atoms with Gasteiger partial charge in [0.15, 0.2) is 0 Å². The molecule has 0 unspecified atom stereocenters. The molecule has 106 valence electrons. The summed E-state index contributed by atoms with van der Waals surface area (Å²) in [4.78, 5) is 28.9. The van der Waals surface area contributed by atoms with Crippen molar-refractivity contribution < 1.29 is 14.7 Å². The van der Waals surface area contributed by atoms with Crippen molar-refractivity contribution in [2.24, 2.45) is 5.92 Å². The van der Waals surface area contributed by atoms with Gasteiger partial charge in [0, 0.05) is 24.4 Å². The van der Waals surface area contributed by atoms with E-state index < -0.39 is 11.9 Å². The maximum absolute atomic E-state index is 12.2. The van der Waals surface area contributed by atoms with Gasteiger partial charge in [-0.1, -0.05) is 20.8 Å². The van der Waals surface area contributed by atoms with E-state index >= 15 is 0 Å². The number of carboxylic acid groups (broad SMARTS) is 1. The average molecular weight is 284 g/mol. The summed E-state index contributed by atoms with van der Waals surface area (Å²) in [5, 5.41) is 11.6. The zero-order valence-corrected chi connectivity index (χ0v) is 12.5. The minimum absolute atomic E-state index is 0.196. The summed E-state index contributed by atoms with van der Waals surface area (Å²) < 4.78 is 0. The lowest BCUT2D eigenvalue weighted by molar-refractivity contribution is -0.141. The monoisotopic (exact) mass is 284 g/mol. The first kappa shape index (κ1) is 15.6. The van der Waals surface area contributed by atoms with Crippen LogP contribution in [0.2, 0.25) is 0 Å². The molecule has 0 aliphatic carbocycles. The molecule has 0 fully saturated rings. The normalized spacial score (nSPS) is 12.5. The molecule has 1 N–H and O–H groups in total. The number of rotatable bonds is 6. The fourth-order valence-electron chi connectivity index (χ4n) is 1.58. The lowest BCUT2D eigenvalue weighted by atomic mass is 10.1. The number of hydrogen-bond donors (Lipinski definition) is 1. The molecule has 19 heavy (non-hydrogen) atoms. The summed E-state index contributed by atoms with van der Waals surface area (Å²) in [5.74, 6) is -1.38. The molecule has 1 aromatic heterocycles. The zero-order valence-electron chi connectivity index (χ0n) is 11.7. The Hall–Kier alpha value is -1.43. The SMILES string of the molecule is CCN(C[C@@H](C)C(=O)O)C(=O)c1csc(C(C)C)n1. The third kappa shape index (κ3) is 4.02. The molecular weight excluding hydrogens is 264 g/mol. The van der Waals surface area contributed by atoms with Gasteiger partial charge in [-0.2, -0.15) is 0 Å². The number of carbonyl (C=O) groups is 2. The van der Waals surface area contributed by atoms with Crippen LogP contribution in [0.4, 0.5) is 0 Å². The molecular formula is C13H20N2O3S. The van der Waals surface area contributed by atoms with Gasteiger partial charge in [-0.3, -0.25) is 9.59 Å². The van der Waals surface area contributed by atoms with Gasteiger partial charge in [0.05, 0.1) is 10.9 Å². The van der Waals surface area contributed by atoms with Crippen LogP contribution in [0, 0.1) is 5.92 Å². The van der Waals surface area contributed by atoms with Gasteiger partial charge < -0.3 is 10.0 Å². The van der Waals surface area contributed by atoms with Crippen LogP contribution in [0.3, 0.4) is 0 Å². The van der Waals surface area contributed by atoms with Crippen LogP contribution in [-0.4, -0.2) is 40.0 Å². The topological polar surface area (TPSA) is 70.5 Å². The lowest BCUT2D eigenvalue weighted by Crippen LogP contribution is -2.36. The number of carbonyl (C=O) groups excluding carboxylic acids is 1. The van der Waals surface area contributed by atoms with E-state index in [4.69, 9.17) is 5.11 Å². The minimum Gasteiger partial charge on any atom is -0.481 e. The second-order valence-electron chi connectivity index (χ2n) is 4.81. The molecule has 0 saturated carbocycles. The second-order valence-corrected chi connectivity index (χ2v) is 5.70. The Morgan fingerprint density at radius 1 is 1.42 bits per heavy atom. The lowest BCUT2D eigenvalue weighted by Gasteiger charge is -2.21. The molecule has 1 atom stereocenters. The van der Waals surface area contributed by atoms with E-state index in [1.165, 1.54) is 16.2 Å². The third-order valence-electron chi connectivity index (χ3n) is 2.82. The number of aliphatic carboxylic acids is 1. The minimum atomic E-state index is -0.896. The first-order chi connectivity index (χ1) is 8.86. The van der Waals surface area contributed by atoms with E-state index in [2.05, 4.69) is 4.98 Å². The van der Waals surface area contributed by atoms with Gasteiger partial charge in [0.25, 0.3) is 5.91 Å². The Kier molecular flexibility index (Phi) is 5.47. The number of thiazole rings is 1. The van der Waals surface area contributed by atoms with Crippen molar-refractivity contribution in [3.8, 4) is 0 Å². The molecule has 6 heteroatoms. The first-order valence-corrected chi connectivity index (χ1v) is 7.22. The smallest absolute Gasteiger partial charge is 0.308 e. The van der Waals surface area contributed by atoms with Crippen molar-refractivity contribution in [3.63, 3.8) is 0 Å². The first-order valence-electron chi connectivity index (χ1n) is 6.34. The summed E-state index contributed by atoms with van der Waals surface area (Å²) in [5.41, 5.74) is 0.410. The fraction of sp³-hybridized carbons (Fsp3) is 0.615. The van der Waals surface area contributed by atoms with Gasteiger partial charge >= 0.3 is 5.97 Å². The van der Waals surface area contributed by atoms with Crippen LogP contribution in [0.25, 0.3) is 0 Å². The summed E-state index contributed by atoms with van der Waals surface area (Å²) >= 11 is 1.46. The van der Waals surface area contributed by atoms with Crippen LogP contribution in [-0.2, 0) is 4.79 Å². The molecule has 0 spiro atoms. The van der Waals surface area contributed by atoms with Gasteiger partial charge in [-0.15, -0.1) is 11.3 Å². The molecule has 1 rings (SSSR count). The third-order valence-corrected chi connectivity index (χ3v) is 3.97. The zero-order chi connectivity index (χ0) is 14.6. The Balaban J connectivity index is 2.80. The Labute approximate surface area is 117 Å². The Bertz CT molecular complexity index is 456. The van der Waals surface area contributed by atoms with Gasteiger partial charge in [-0.05, 0) is 6.92 Å². The van der Waals surface area contributed by atoms with E-state index in [0.29, 0.717) is 18.2 Å². The van der Waals surface area contributed by atoms with Crippen LogP contribution < -0.4 is 0 Å². The molecule has 0 aromatic carbocycles.